The Balaban J connectivity index is 1.72. The van der Waals surface area contributed by atoms with Gasteiger partial charge < -0.3 is 31.5 Å². The number of aliphatic hydroxyl groups is 1. The predicted molar refractivity (Wildman–Crippen MR) is 105 cm³/mol. The summed E-state index contributed by atoms with van der Waals surface area (Å²) in [5.41, 5.74) is 14.1. The van der Waals surface area contributed by atoms with Crippen molar-refractivity contribution in [1.82, 2.24) is 14.9 Å². The molecule has 148 valence electrons. The number of halogens is 1. The van der Waals surface area contributed by atoms with Gasteiger partial charge in [0, 0.05) is 42.3 Å². The normalized spacial score (nSPS) is 17.0. The highest BCUT2D eigenvalue weighted by Gasteiger charge is 2.20. The van der Waals surface area contributed by atoms with Gasteiger partial charge >= 0.3 is 0 Å². The molecule has 1 fully saturated rings. The molecule has 0 saturated carbocycles. The van der Waals surface area contributed by atoms with Crippen molar-refractivity contribution in [3.8, 4) is 0 Å². The van der Waals surface area contributed by atoms with Crippen LogP contribution < -0.4 is 17.3 Å². The zero-order chi connectivity index (χ0) is 19.4. The summed E-state index contributed by atoms with van der Waals surface area (Å²) in [6.07, 6.45) is 3.81. The molecule has 7 nitrogen and oxygen atoms in total. The van der Waals surface area contributed by atoms with Crippen molar-refractivity contribution in [1.29, 1.82) is 0 Å². The van der Waals surface area contributed by atoms with Crippen LogP contribution in [0.1, 0.15) is 24.1 Å². The molecule has 1 aliphatic rings. The highest BCUT2D eigenvalue weighted by molar-refractivity contribution is 5.93. The van der Waals surface area contributed by atoms with E-state index >= 15 is 0 Å². The lowest BCUT2D eigenvalue weighted by molar-refractivity contribution is 0.165. The molecular formula is C19H29FN6O. The molecule has 8 N–H and O–H groups in total. The first-order valence-corrected chi connectivity index (χ1v) is 9.34. The van der Waals surface area contributed by atoms with E-state index in [1.807, 2.05) is 0 Å². The second kappa shape index (κ2) is 8.71. The maximum Gasteiger partial charge on any atom is 0.123 e. The summed E-state index contributed by atoms with van der Waals surface area (Å²) in [5.74, 6) is 6.31. The van der Waals surface area contributed by atoms with Crippen molar-refractivity contribution in [3.05, 3.63) is 41.5 Å². The van der Waals surface area contributed by atoms with Crippen molar-refractivity contribution >= 4 is 16.6 Å². The molecular weight excluding hydrogens is 347 g/mol. The van der Waals surface area contributed by atoms with E-state index in [2.05, 4.69) is 9.88 Å². The maximum absolute atomic E-state index is 13.7. The summed E-state index contributed by atoms with van der Waals surface area (Å²) >= 11 is 0. The largest absolute Gasteiger partial charge is 0.397 e. The van der Waals surface area contributed by atoms with Gasteiger partial charge in [0.15, 0.2) is 0 Å². The van der Waals surface area contributed by atoms with E-state index in [0.717, 1.165) is 38.0 Å². The number of hydrogen-bond donors (Lipinski definition) is 5. The van der Waals surface area contributed by atoms with Gasteiger partial charge in [0.1, 0.15) is 5.82 Å². The van der Waals surface area contributed by atoms with Crippen molar-refractivity contribution in [3.63, 3.8) is 0 Å². The molecule has 0 amide bonds. The van der Waals surface area contributed by atoms with Gasteiger partial charge in [-0.05, 0) is 50.0 Å². The van der Waals surface area contributed by atoms with Gasteiger partial charge in [-0.2, -0.15) is 0 Å². The number of likely N-dealkylation sites (tertiary alicyclic amines) is 1. The number of aliphatic hydroxyl groups excluding tert-OH is 1. The van der Waals surface area contributed by atoms with Gasteiger partial charge in [-0.3, -0.25) is 0 Å². The number of benzene rings is 1. The summed E-state index contributed by atoms with van der Waals surface area (Å²) in [6, 6.07) is 4.42. The fourth-order valence-corrected chi connectivity index (χ4v) is 3.84. The average molecular weight is 376 g/mol. The molecule has 0 spiro atoms. The summed E-state index contributed by atoms with van der Waals surface area (Å²) in [5, 5.41) is 11.9. The van der Waals surface area contributed by atoms with Crippen LogP contribution in [0.3, 0.4) is 0 Å². The standard InChI is InChI=1S/C19H29FN6O/c20-14-1-2-17-15(9-14)19(18(12-27)24-17)16(22)11-26(23)10-13-3-6-25(7-4-13)8-5-21/h1-2,9,11,13,24,27H,3-8,10,12,21-23H2/b16-11-. The SMILES string of the molecule is NCCN1CCC(CN(N)/C=C(\N)c2c(CO)[nH]c3ccc(F)cc23)CC1. The Hall–Kier alpha value is -2.13. The third kappa shape index (κ3) is 4.59. The number of fused-ring (bicyclic) bond motifs is 1. The van der Waals surface area contributed by atoms with Crippen LogP contribution in [0.4, 0.5) is 4.39 Å². The molecule has 0 aliphatic carbocycles. The second-order valence-electron chi connectivity index (χ2n) is 7.18. The first-order valence-electron chi connectivity index (χ1n) is 9.34. The number of H-pyrrole nitrogens is 1. The van der Waals surface area contributed by atoms with Crippen LogP contribution in [0.2, 0.25) is 0 Å². The summed E-state index contributed by atoms with van der Waals surface area (Å²) in [7, 11) is 0. The number of hydrogen-bond acceptors (Lipinski definition) is 6. The fourth-order valence-electron chi connectivity index (χ4n) is 3.84. The number of nitrogens with zero attached hydrogens (tertiary/aromatic N) is 2. The molecule has 1 saturated heterocycles. The minimum atomic E-state index is -0.353. The van der Waals surface area contributed by atoms with Crippen LogP contribution in [-0.2, 0) is 6.61 Å². The van der Waals surface area contributed by atoms with Crippen molar-refractivity contribution in [2.24, 2.45) is 23.2 Å². The molecule has 2 aromatic rings. The highest BCUT2D eigenvalue weighted by Crippen LogP contribution is 2.28. The van der Waals surface area contributed by atoms with Gasteiger partial charge in [-0.15, -0.1) is 0 Å². The lowest BCUT2D eigenvalue weighted by atomic mass is 9.96. The lowest BCUT2D eigenvalue weighted by Gasteiger charge is -2.33. The number of aromatic amines is 1. The number of hydrazine groups is 1. The lowest BCUT2D eigenvalue weighted by Crippen LogP contribution is -2.41. The third-order valence-corrected chi connectivity index (χ3v) is 5.21. The van der Waals surface area contributed by atoms with E-state index in [1.165, 1.54) is 12.1 Å². The average Bonchev–Trinajstić information content (AvgIpc) is 3.01. The Morgan fingerprint density at radius 2 is 2.11 bits per heavy atom. The summed E-state index contributed by atoms with van der Waals surface area (Å²) in [4.78, 5) is 5.45. The zero-order valence-electron chi connectivity index (χ0n) is 15.5. The fraction of sp³-hybridized carbons (Fsp3) is 0.474. The van der Waals surface area contributed by atoms with Crippen LogP contribution in [0.25, 0.3) is 16.6 Å². The summed E-state index contributed by atoms with van der Waals surface area (Å²) in [6.45, 7) is 4.17. The van der Waals surface area contributed by atoms with Crippen molar-refractivity contribution in [2.75, 3.05) is 32.7 Å². The molecule has 0 radical (unpaired) electrons. The molecule has 3 rings (SSSR count). The van der Waals surface area contributed by atoms with Crippen molar-refractivity contribution < 1.29 is 9.50 Å². The topological polar surface area (TPSA) is 121 Å². The molecule has 2 heterocycles. The van der Waals surface area contributed by atoms with Gasteiger partial charge in [0.25, 0.3) is 0 Å². The van der Waals surface area contributed by atoms with Crippen LogP contribution in [0.15, 0.2) is 24.4 Å². The van der Waals surface area contributed by atoms with Crippen molar-refractivity contribution in [2.45, 2.75) is 19.4 Å². The molecule has 27 heavy (non-hydrogen) atoms. The van der Waals surface area contributed by atoms with Crippen LogP contribution in [0, 0.1) is 11.7 Å². The van der Waals surface area contributed by atoms with Gasteiger partial charge in [-0.25, -0.2) is 10.2 Å². The van der Waals surface area contributed by atoms with Crippen LogP contribution in [-0.4, -0.2) is 52.7 Å². The number of nitrogens with one attached hydrogen (secondary N) is 1. The molecule has 0 atom stereocenters. The Bertz CT molecular complexity index is 797. The monoisotopic (exact) mass is 376 g/mol. The number of nitrogens with two attached hydrogens (primary N) is 3. The minimum absolute atomic E-state index is 0.218. The second-order valence-corrected chi connectivity index (χ2v) is 7.18. The van der Waals surface area contributed by atoms with Crippen LogP contribution in [0.5, 0.6) is 0 Å². The molecule has 1 aliphatic heterocycles. The van der Waals surface area contributed by atoms with E-state index < -0.39 is 0 Å². The molecule has 1 aromatic heterocycles. The Labute approximate surface area is 158 Å². The van der Waals surface area contributed by atoms with Gasteiger partial charge in [-0.1, -0.05) is 0 Å². The van der Waals surface area contributed by atoms with Gasteiger partial charge in [0.2, 0.25) is 0 Å². The van der Waals surface area contributed by atoms with E-state index in [1.54, 1.807) is 17.3 Å². The van der Waals surface area contributed by atoms with Gasteiger partial charge in [0.05, 0.1) is 18.0 Å². The molecule has 0 unspecified atom stereocenters. The maximum atomic E-state index is 13.7. The minimum Gasteiger partial charge on any atom is -0.397 e. The first-order chi connectivity index (χ1) is 13.0. The smallest absolute Gasteiger partial charge is 0.123 e. The highest BCUT2D eigenvalue weighted by atomic mass is 19.1. The van der Waals surface area contributed by atoms with E-state index in [-0.39, 0.29) is 12.4 Å². The zero-order valence-corrected chi connectivity index (χ0v) is 15.5. The Morgan fingerprint density at radius 3 is 2.78 bits per heavy atom. The predicted octanol–water partition coefficient (Wildman–Crippen LogP) is 0.903. The number of piperidine rings is 1. The van der Waals surface area contributed by atoms with E-state index in [4.69, 9.17) is 17.3 Å². The van der Waals surface area contributed by atoms with Crippen LogP contribution >= 0.6 is 0 Å². The quantitative estimate of drug-likeness (QED) is 0.362. The summed E-state index contributed by atoms with van der Waals surface area (Å²) < 4.78 is 13.7. The Kier molecular flexibility index (Phi) is 6.33. The van der Waals surface area contributed by atoms with E-state index in [0.29, 0.717) is 41.3 Å². The van der Waals surface area contributed by atoms with E-state index in [9.17, 15) is 9.50 Å². The first kappa shape index (κ1) is 19.6. The molecule has 8 heteroatoms. The molecule has 1 aromatic carbocycles. The number of aromatic nitrogens is 1. The molecule has 0 bridgehead atoms. The Morgan fingerprint density at radius 1 is 1.37 bits per heavy atom. The third-order valence-electron chi connectivity index (χ3n) is 5.21. The number of rotatable bonds is 7.